The average molecular weight is 330 g/mol. The van der Waals surface area contributed by atoms with E-state index >= 15 is 0 Å². The van der Waals surface area contributed by atoms with E-state index in [1.807, 2.05) is 0 Å². The van der Waals surface area contributed by atoms with E-state index in [0.29, 0.717) is 5.41 Å². The maximum atomic E-state index is 9.60. The Morgan fingerprint density at radius 2 is 0.652 bits per heavy atom. The molecule has 134 valence electrons. The lowest BCUT2D eigenvalue weighted by Gasteiger charge is -2.05. The minimum atomic E-state index is -0.935. The summed E-state index contributed by atoms with van der Waals surface area (Å²) in [6.45, 7) is 22.6. The van der Waals surface area contributed by atoms with Gasteiger partial charge in [0.05, 0.1) is 0 Å². The lowest BCUT2D eigenvalue weighted by atomic mass is 10.0. The zero-order valence-corrected chi connectivity index (χ0v) is 15.2. The smallest absolute Gasteiger partial charge is 0.330 e. The van der Waals surface area contributed by atoms with Gasteiger partial charge in [0, 0.05) is 16.7 Å². The Bertz CT molecular complexity index is 339. The van der Waals surface area contributed by atoms with Crippen LogP contribution in [0.4, 0.5) is 0 Å². The molecule has 0 aromatic heterocycles. The van der Waals surface area contributed by atoms with Crippen LogP contribution >= 0.6 is 0 Å². The Hall–Kier alpha value is -2.37. The van der Waals surface area contributed by atoms with Gasteiger partial charge in [-0.3, -0.25) is 0 Å². The number of rotatable bonds is 3. The molecule has 0 saturated heterocycles. The van der Waals surface area contributed by atoms with Gasteiger partial charge in [-0.15, -0.1) is 0 Å². The highest BCUT2D eigenvalue weighted by molar-refractivity contribution is 5.85. The van der Waals surface area contributed by atoms with Crippen molar-refractivity contribution in [2.45, 2.75) is 48.5 Å². The van der Waals surface area contributed by atoms with Gasteiger partial charge >= 0.3 is 17.9 Å². The normalized spacial score (nSPS) is 8.48. The van der Waals surface area contributed by atoms with E-state index in [1.54, 1.807) is 0 Å². The Morgan fingerprint density at radius 3 is 0.652 bits per heavy atom. The zero-order chi connectivity index (χ0) is 20.0. The second-order valence-electron chi connectivity index (χ2n) is 6.26. The van der Waals surface area contributed by atoms with Crippen molar-refractivity contribution < 1.29 is 29.7 Å². The highest BCUT2D eigenvalue weighted by atomic mass is 16.4. The van der Waals surface area contributed by atoms with Crippen LogP contribution in [0, 0.1) is 5.41 Å². The molecule has 0 aliphatic carbocycles. The molecule has 0 fully saturated rings. The summed E-state index contributed by atoms with van der Waals surface area (Å²) in [4.78, 5) is 28.8. The van der Waals surface area contributed by atoms with Gasteiger partial charge in [-0.1, -0.05) is 47.4 Å². The maximum Gasteiger partial charge on any atom is 0.330 e. The molecule has 0 unspecified atom stereocenters. The number of carbonyl (C=O) groups is 3. The highest BCUT2D eigenvalue weighted by Gasteiger charge is 1.95. The fourth-order valence-electron chi connectivity index (χ4n) is 0. The second-order valence-corrected chi connectivity index (χ2v) is 6.26. The van der Waals surface area contributed by atoms with Gasteiger partial charge < -0.3 is 15.3 Å². The van der Waals surface area contributed by atoms with Crippen molar-refractivity contribution in [3.05, 3.63) is 36.5 Å². The van der Waals surface area contributed by atoms with Gasteiger partial charge in [0.25, 0.3) is 0 Å². The molecule has 0 bridgehead atoms. The molecule has 0 radical (unpaired) electrons. The van der Waals surface area contributed by atoms with Crippen LogP contribution in [0.5, 0.6) is 0 Å². The first-order valence-corrected chi connectivity index (χ1v) is 6.59. The summed E-state index contributed by atoms with van der Waals surface area (Å²) in [5.41, 5.74) is 1.03. The zero-order valence-electron chi connectivity index (χ0n) is 15.2. The molecule has 0 spiro atoms. The first-order chi connectivity index (χ1) is 9.93. The third kappa shape index (κ3) is 65.8. The predicted octanol–water partition coefficient (Wildman–Crippen LogP) is 3.99. The summed E-state index contributed by atoms with van der Waals surface area (Å²) in [7, 11) is 0. The molecular weight excluding hydrogens is 300 g/mol. The number of carboxylic acids is 3. The van der Waals surface area contributed by atoms with Crippen LogP contribution in [0.1, 0.15) is 48.5 Å². The predicted molar refractivity (Wildman–Crippen MR) is 92.5 cm³/mol. The Morgan fingerprint density at radius 1 is 0.609 bits per heavy atom. The molecule has 6 heteroatoms. The Kier molecular flexibility index (Phi) is 18.2. The summed E-state index contributed by atoms with van der Waals surface area (Å²) in [5.74, 6) is -2.81. The standard InChI is InChI=1S/C5H12.3C4H6O2/c1-5(2,3)4;3*1-3(2)4(5)6/h1-4H3;3*1H2,2H3,(H,5,6). The molecule has 0 atom stereocenters. The van der Waals surface area contributed by atoms with E-state index in [1.165, 1.54) is 20.8 Å². The minimum absolute atomic E-state index is 0.176. The molecule has 0 aliphatic rings. The highest BCUT2D eigenvalue weighted by Crippen LogP contribution is 2.08. The topological polar surface area (TPSA) is 112 Å². The van der Waals surface area contributed by atoms with E-state index in [0.717, 1.165) is 0 Å². The summed E-state index contributed by atoms with van der Waals surface area (Å²) in [6, 6.07) is 0. The number of hydrogen-bond donors (Lipinski definition) is 3. The molecule has 0 rings (SSSR count). The van der Waals surface area contributed by atoms with Gasteiger partial charge in [-0.05, 0) is 26.2 Å². The van der Waals surface area contributed by atoms with Crippen LogP contribution in [0.15, 0.2) is 36.5 Å². The van der Waals surface area contributed by atoms with E-state index < -0.39 is 17.9 Å². The molecule has 0 saturated carbocycles. The van der Waals surface area contributed by atoms with Crippen LogP contribution in [-0.4, -0.2) is 33.2 Å². The van der Waals surface area contributed by atoms with Gasteiger partial charge in [-0.25, -0.2) is 14.4 Å². The van der Waals surface area contributed by atoms with E-state index in [4.69, 9.17) is 15.3 Å². The lowest BCUT2D eigenvalue weighted by Crippen LogP contribution is -1.93. The third-order valence-electron chi connectivity index (χ3n) is 1.10. The van der Waals surface area contributed by atoms with Gasteiger partial charge in [0.2, 0.25) is 0 Å². The van der Waals surface area contributed by atoms with Crippen LogP contribution in [0.2, 0.25) is 0 Å². The monoisotopic (exact) mass is 330 g/mol. The first kappa shape index (κ1) is 28.7. The molecule has 0 aliphatic heterocycles. The van der Waals surface area contributed by atoms with Crippen molar-refractivity contribution >= 4 is 17.9 Å². The molecule has 6 nitrogen and oxygen atoms in total. The SMILES string of the molecule is C=C(C)C(=O)O.C=C(C)C(=O)O.C=C(C)C(=O)O.CC(C)(C)C. The van der Waals surface area contributed by atoms with Crippen molar-refractivity contribution in [2.24, 2.45) is 5.41 Å². The van der Waals surface area contributed by atoms with Crippen molar-refractivity contribution in [2.75, 3.05) is 0 Å². The number of aliphatic carboxylic acids is 3. The van der Waals surface area contributed by atoms with Crippen LogP contribution in [0.25, 0.3) is 0 Å². The summed E-state index contributed by atoms with van der Waals surface area (Å²) < 4.78 is 0. The van der Waals surface area contributed by atoms with Crippen LogP contribution in [-0.2, 0) is 14.4 Å². The first-order valence-electron chi connectivity index (χ1n) is 6.59. The molecule has 0 aromatic carbocycles. The van der Waals surface area contributed by atoms with Gasteiger partial charge in [-0.2, -0.15) is 0 Å². The maximum absolute atomic E-state index is 9.60. The second kappa shape index (κ2) is 14.6. The Labute approximate surface area is 138 Å². The molecule has 0 heterocycles. The van der Waals surface area contributed by atoms with E-state index in [-0.39, 0.29) is 16.7 Å². The van der Waals surface area contributed by atoms with Crippen molar-refractivity contribution in [3.8, 4) is 0 Å². The quantitative estimate of drug-likeness (QED) is 0.674. The fourth-order valence-corrected chi connectivity index (χ4v) is 0. The van der Waals surface area contributed by atoms with E-state index in [9.17, 15) is 14.4 Å². The van der Waals surface area contributed by atoms with Crippen LogP contribution in [0.3, 0.4) is 0 Å². The van der Waals surface area contributed by atoms with Crippen LogP contribution < -0.4 is 0 Å². The third-order valence-corrected chi connectivity index (χ3v) is 1.10. The summed E-state index contributed by atoms with van der Waals surface area (Å²) >= 11 is 0. The van der Waals surface area contributed by atoms with Gasteiger partial charge in [0.1, 0.15) is 0 Å². The number of hydrogen-bond acceptors (Lipinski definition) is 3. The molecule has 3 N–H and O–H groups in total. The molecule has 0 amide bonds. The van der Waals surface area contributed by atoms with Crippen molar-refractivity contribution in [1.82, 2.24) is 0 Å². The molecule has 0 aromatic rings. The fraction of sp³-hybridized carbons (Fsp3) is 0.471. The minimum Gasteiger partial charge on any atom is -0.478 e. The largest absolute Gasteiger partial charge is 0.478 e. The number of carboxylic acid groups (broad SMARTS) is 3. The van der Waals surface area contributed by atoms with Crippen molar-refractivity contribution in [3.63, 3.8) is 0 Å². The van der Waals surface area contributed by atoms with Gasteiger partial charge in [0.15, 0.2) is 0 Å². The van der Waals surface area contributed by atoms with Crippen molar-refractivity contribution in [1.29, 1.82) is 0 Å². The Balaban J connectivity index is -0.000000105. The summed E-state index contributed by atoms with van der Waals surface area (Å²) in [6.07, 6.45) is 0. The van der Waals surface area contributed by atoms with E-state index in [2.05, 4.69) is 47.4 Å². The molecule has 23 heavy (non-hydrogen) atoms. The lowest BCUT2D eigenvalue weighted by molar-refractivity contribution is -0.133. The summed E-state index contributed by atoms with van der Waals surface area (Å²) in [5, 5.41) is 23.7. The average Bonchev–Trinajstić information content (AvgIpc) is 2.27. The molecular formula is C17H30O6.